The van der Waals surface area contributed by atoms with Crippen LogP contribution in [0.25, 0.3) is 11.1 Å². The second-order valence-electron chi connectivity index (χ2n) is 8.76. The van der Waals surface area contributed by atoms with Crippen LogP contribution in [0.5, 0.6) is 0 Å². The number of halogens is 1. The number of benzene rings is 3. The third-order valence-electron chi connectivity index (χ3n) is 6.15. The Morgan fingerprint density at radius 2 is 1.55 bits per heavy atom. The maximum absolute atomic E-state index is 13.2. The van der Waals surface area contributed by atoms with Gasteiger partial charge in [0.2, 0.25) is 0 Å². The molecule has 0 fully saturated rings. The summed E-state index contributed by atoms with van der Waals surface area (Å²) in [6.07, 6.45) is 0.905. The molecule has 3 aromatic rings. The van der Waals surface area contributed by atoms with Crippen LogP contribution in [0.15, 0.2) is 66.7 Å². The highest BCUT2D eigenvalue weighted by Crippen LogP contribution is 2.33. The fraction of sp³-hybridized carbons (Fsp3) is 0.321. The molecule has 0 aliphatic carbocycles. The summed E-state index contributed by atoms with van der Waals surface area (Å²) in [5.74, 6) is 0.664. The predicted octanol–water partition coefficient (Wildman–Crippen LogP) is 7.01. The molecule has 3 rings (SSSR count). The first-order valence-corrected chi connectivity index (χ1v) is 11.0. The number of hydrogen-bond donors (Lipinski definition) is 0. The highest BCUT2D eigenvalue weighted by Gasteiger charge is 2.21. The van der Waals surface area contributed by atoms with Crippen LogP contribution in [0.4, 0.5) is 4.39 Å². The third kappa shape index (κ3) is 5.41. The third-order valence-corrected chi connectivity index (χ3v) is 6.15. The molecule has 1 unspecified atom stereocenters. The van der Waals surface area contributed by atoms with E-state index in [4.69, 9.17) is 0 Å². The molecule has 0 saturated carbocycles. The van der Waals surface area contributed by atoms with Crippen LogP contribution in [-0.2, 0) is 0 Å². The molecule has 1 atom stereocenters. The van der Waals surface area contributed by atoms with E-state index in [1.807, 2.05) is 55.3 Å². The smallest absolute Gasteiger partial charge is 0.253 e. The number of rotatable bonds is 7. The van der Waals surface area contributed by atoms with Crippen LogP contribution in [-0.4, -0.2) is 24.4 Å². The van der Waals surface area contributed by atoms with E-state index in [1.54, 1.807) is 0 Å². The Morgan fingerprint density at radius 1 is 0.903 bits per heavy atom. The van der Waals surface area contributed by atoms with Crippen molar-refractivity contribution in [3.05, 3.63) is 94.8 Å². The zero-order chi connectivity index (χ0) is 22.5. The topological polar surface area (TPSA) is 20.3 Å². The van der Waals surface area contributed by atoms with Gasteiger partial charge in [-0.15, -0.1) is 0 Å². The van der Waals surface area contributed by atoms with Gasteiger partial charge in [-0.05, 0) is 78.1 Å². The van der Waals surface area contributed by atoms with Crippen LogP contribution in [0.1, 0.15) is 53.2 Å². The van der Waals surface area contributed by atoms with Crippen molar-refractivity contribution < 1.29 is 9.18 Å². The molecule has 0 radical (unpaired) electrons. The number of nitrogens with zero attached hydrogens (tertiary/aromatic N) is 1. The van der Waals surface area contributed by atoms with Gasteiger partial charge in [0, 0.05) is 19.2 Å². The van der Waals surface area contributed by atoms with Gasteiger partial charge in [0.1, 0.15) is 5.82 Å². The van der Waals surface area contributed by atoms with Crippen LogP contribution in [0, 0.1) is 25.6 Å². The molecule has 0 N–H and O–H groups in total. The molecule has 0 aliphatic rings. The van der Waals surface area contributed by atoms with Gasteiger partial charge in [-0.2, -0.15) is 0 Å². The van der Waals surface area contributed by atoms with Gasteiger partial charge < -0.3 is 4.90 Å². The number of carbonyl (C=O) groups excluding carboxylic acids is 1. The zero-order valence-corrected chi connectivity index (χ0v) is 19.2. The minimum Gasteiger partial charge on any atom is -0.342 e. The summed E-state index contributed by atoms with van der Waals surface area (Å²) in [6, 6.07) is 20.9. The van der Waals surface area contributed by atoms with E-state index in [1.165, 1.54) is 23.3 Å². The van der Waals surface area contributed by atoms with Gasteiger partial charge in [0.15, 0.2) is 0 Å². The lowest BCUT2D eigenvalue weighted by atomic mass is 9.82. The van der Waals surface area contributed by atoms with E-state index in [0.717, 1.165) is 28.7 Å². The van der Waals surface area contributed by atoms with Crippen molar-refractivity contribution in [1.29, 1.82) is 0 Å². The zero-order valence-electron chi connectivity index (χ0n) is 19.2. The molecule has 0 saturated heterocycles. The number of aryl methyl sites for hydroxylation is 2. The van der Waals surface area contributed by atoms with Crippen LogP contribution < -0.4 is 0 Å². The van der Waals surface area contributed by atoms with Crippen molar-refractivity contribution in [2.45, 2.75) is 40.0 Å². The second kappa shape index (κ2) is 9.91. The minimum atomic E-state index is -0.221. The quantitative estimate of drug-likeness (QED) is 0.405. The highest BCUT2D eigenvalue weighted by atomic mass is 19.1. The van der Waals surface area contributed by atoms with Crippen LogP contribution >= 0.6 is 0 Å². The lowest BCUT2D eigenvalue weighted by Gasteiger charge is -2.27. The summed E-state index contributed by atoms with van der Waals surface area (Å²) in [7, 11) is 1.89. The monoisotopic (exact) mass is 417 g/mol. The Morgan fingerprint density at radius 3 is 2.16 bits per heavy atom. The summed E-state index contributed by atoms with van der Waals surface area (Å²) in [4.78, 5) is 14.7. The fourth-order valence-electron chi connectivity index (χ4n) is 4.21. The Labute approximate surface area is 185 Å². The molecular weight excluding hydrogens is 385 g/mol. The van der Waals surface area contributed by atoms with Crippen molar-refractivity contribution in [2.75, 3.05) is 13.6 Å². The lowest BCUT2D eigenvalue weighted by molar-refractivity contribution is 0.0788. The van der Waals surface area contributed by atoms with Gasteiger partial charge in [-0.25, -0.2) is 4.39 Å². The predicted molar refractivity (Wildman–Crippen MR) is 127 cm³/mol. The molecular formula is C28H32FNO. The van der Waals surface area contributed by atoms with Crippen LogP contribution in [0.2, 0.25) is 0 Å². The Hall–Kier alpha value is -2.94. The van der Waals surface area contributed by atoms with Crippen molar-refractivity contribution in [2.24, 2.45) is 5.92 Å². The average molecular weight is 418 g/mol. The largest absolute Gasteiger partial charge is 0.342 e. The van der Waals surface area contributed by atoms with Crippen molar-refractivity contribution >= 4 is 5.91 Å². The van der Waals surface area contributed by atoms with Gasteiger partial charge in [-0.1, -0.05) is 62.4 Å². The highest BCUT2D eigenvalue weighted by molar-refractivity contribution is 5.95. The van der Waals surface area contributed by atoms with Gasteiger partial charge in [0.05, 0.1) is 0 Å². The van der Waals surface area contributed by atoms with E-state index in [2.05, 4.69) is 39.0 Å². The van der Waals surface area contributed by atoms with Gasteiger partial charge in [-0.3, -0.25) is 4.79 Å². The second-order valence-corrected chi connectivity index (χ2v) is 8.76. The summed E-state index contributed by atoms with van der Waals surface area (Å²) in [5.41, 5.74) is 6.43. The Kier molecular flexibility index (Phi) is 7.27. The Balaban J connectivity index is 1.75. The van der Waals surface area contributed by atoms with Crippen molar-refractivity contribution in [3.8, 4) is 11.1 Å². The molecule has 2 nitrogen and oxygen atoms in total. The molecule has 0 aromatic heterocycles. The fourth-order valence-corrected chi connectivity index (χ4v) is 4.21. The summed E-state index contributed by atoms with van der Waals surface area (Å²) in [6.45, 7) is 9.29. The van der Waals surface area contributed by atoms with E-state index in [-0.39, 0.29) is 11.7 Å². The summed E-state index contributed by atoms with van der Waals surface area (Å²) >= 11 is 0. The molecule has 0 bridgehead atoms. The molecule has 0 spiro atoms. The first kappa shape index (κ1) is 22.7. The van der Waals surface area contributed by atoms with Gasteiger partial charge in [0.25, 0.3) is 5.91 Å². The Bertz CT molecular complexity index is 1040. The minimum absolute atomic E-state index is 0.0731. The number of amides is 1. The van der Waals surface area contributed by atoms with E-state index < -0.39 is 0 Å². The molecule has 0 heterocycles. The molecule has 1 amide bonds. The summed E-state index contributed by atoms with van der Waals surface area (Å²) in [5, 5.41) is 0. The normalized spacial score (nSPS) is 12.1. The first-order chi connectivity index (χ1) is 14.8. The SMILES string of the molecule is Cc1ccccc1C(=O)N(C)CCC(c1ccc(-c2ccc(F)cc2)cc1C)C(C)C. The molecule has 0 aliphatic heterocycles. The number of hydrogen-bond acceptors (Lipinski definition) is 1. The maximum Gasteiger partial charge on any atom is 0.253 e. The first-order valence-electron chi connectivity index (χ1n) is 11.0. The van der Waals surface area contributed by atoms with E-state index >= 15 is 0 Å². The summed E-state index contributed by atoms with van der Waals surface area (Å²) < 4.78 is 13.2. The standard InChI is InChI=1S/C28H32FNO/c1-19(2)25(16-17-30(5)28(31)27-9-7-6-8-20(27)3)26-15-12-23(18-21(26)4)22-10-13-24(29)14-11-22/h6-15,18-19,25H,16-17H2,1-5H3. The van der Waals surface area contributed by atoms with E-state index in [0.29, 0.717) is 18.4 Å². The molecule has 162 valence electrons. The maximum atomic E-state index is 13.2. The van der Waals surface area contributed by atoms with E-state index in [9.17, 15) is 9.18 Å². The number of carbonyl (C=O) groups is 1. The van der Waals surface area contributed by atoms with Gasteiger partial charge >= 0.3 is 0 Å². The molecule has 3 aromatic carbocycles. The average Bonchev–Trinajstić information content (AvgIpc) is 2.75. The molecule has 31 heavy (non-hydrogen) atoms. The lowest BCUT2D eigenvalue weighted by Crippen LogP contribution is -2.30. The van der Waals surface area contributed by atoms with Crippen LogP contribution in [0.3, 0.4) is 0 Å². The molecule has 3 heteroatoms. The van der Waals surface area contributed by atoms with Crippen molar-refractivity contribution in [1.82, 2.24) is 4.90 Å². The van der Waals surface area contributed by atoms with Crippen molar-refractivity contribution in [3.63, 3.8) is 0 Å².